The smallest absolute Gasteiger partial charge is 0.255 e. The third kappa shape index (κ3) is 2.16. The standard InChI is InChI=1S/C16H13NO4/c18-16(11-1-3-13-10(7-11)5-6-19-13)17-12-2-4-14-15(8-12)21-9-20-14/h1-4,7-8H,5-6,9H2,(H,17,18). The van der Waals surface area contributed by atoms with E-state index >= 15 is 0 Å². The highest BCUT2D eigenvalue weighted by molar-refractivity contribution is 6.04. The molecule has 106 valence electrons. The number of rotatable bonds is 2. The van der Waals surface area contributed by atoms with E-state index < -0.39 is 0 Å². The molecule has 0 spiro atoms. The molecule has 0 aliphatic carbocycles. The van der Waals surface area contributed by atoms with Crippen LogP contribution in [0, 0.1) is 0 Å². The Hall–Kier alpha value is -2.69. The van der Waals surface area contributed by atoms with Gasteiger partial charge in [0.05, 0.1) is 6.61 Å². The van der Waals surface area contributed by atoms with Crippen molar-refractivity contribution in [3.8, 4) is 17.2 Å². The van der Waals surface area contributed by atoms with Crippen LogP contribution < -0.4 is 19.5 Å². The maximum Gasteiger partial charge on any atom is 0.255 e. The van der Waals surface area contributed by atoms with Crippen molar-refractivity contribution in [3.05, 3.63) is 47.5 Å². The normalized spacial score (nSPS) is 14.5. The summed E-state index contributed by atoms with van der Waals surface area (Å²) in [6.07, 6.45) is 0.848. The van der Waals surface area contributed by atoms with Gasteiger partial charge in [-0.3, -0.25) is 4.79 Å². The molecule has 1 N–H and O–H groups in total. The van der Waals surface area contributed by atoms with E-state index in [2.05, 4.69) is 5.32 Å². The van der Waals surface area contributed by atoms with Gasteiger partial charge in [0.2, 0.25) is 6.79 Å². The van der Waals surface area contributed by atoms with Gasteiger partial charge in [-0.05, 0) is 35.9 Å². The zero-order valence-corrected chi connectivity index (χ0v) is 11.2. The lowest BCUT2D eigenvalue weighted by molar-refractivity contribution is 0.102. The van der Waals surface area contributed by atoms with Crippen LogP contribution in [0.1, 0.15) is 15.9 Å². The van der Waals surface area contributed by atoms with E-state index in [0.29, 0.717) is 29.4 Å². The minimum Gasteiger partial charge on any atom is -0.493 e. The van der Waals surface area contributed by atoms with Crippen molar-refractivity contribution in [2.75, 3.05) is 18.7 Å². The molecule has 0 atom stereocenters. The quantitative estimate of drug-likeness (QED) is 0.920. The predicted molar refractivity (Wildman–Crippen MR) is 76.2 cm³/mol. The molecule has 0 saturated carbocycles. The lowest BCUT2D eigenvalue weighted by Crippen LogP contribution is -2.11. The number of carbonyl (C=O) groups excluding carboxylic acids is 1. The van der Waals surface area contributed by atoms with Gasteiger partial charge in [-0.25, -0.2) is 0 Å². The van der Waals surface area contributed by atoms with Crippen molar-refractivity contribution in [1.82, 2.24) is 0 Å². The fourth-order valence-electron chi connectivity index (χ4n) is 2.51. The number of hydrogen-bond acceptors (Lipinski definition) is 4. The number of hydrogen-bond donors (Lipinski definition) is 1. The Bertz CT molecular complexity index is 726. The largest absolute Gasteiger partial charge is 0.493 e. The summed E-state index contributed by atoms with van der Waals surface area (Å²) in [7, 11) is 0. The molecule has 5 heteroatoms. The van der Waals surface area contributed by atoms with Gasteiger partial charge in [0.25, 0.3) is 5.91 Å². The molecule has 0 radical (unpaired) electrons. The number of benzene rings is 2. The van der Waals surface area contributed by atoms with Crippen molar-refractivity contribution in [2.24, 2.45) is 0 Å². The van der Waals surface area contributed by atoms with Crippen LogP contribution in [0.25, 0.3) is 0 Å². The molecule has 0 fully saturated rings. The van der Waals surface area contributed by atoms with Crippen molar-refractivity contribution < 1.29 is 19.0 Å². The molecule has 0 unspecified atom stereocenters. The van der Waals surface area contributed by atoms with E-state index in [9.17, 15) is 4.79 Å². The van der Waals surface area contributed by atoms with Crippen LogP contribution in [0.2, 0.25) is 0 Å². The molecule has 2 aromatic carbocycles. The van der Waals surface area contributed by atoms with E-state index in [-0.39, 0.29) is 12.7 Å². The van der Waals surface area contributed by atoms with Crippen molar-refractivity contribution in [2.45, 2.75) is 6.42 Å². The van der Waals surface area contributed by atoms with Crippen molar-refractivity contribution in [1.29, 1.82) is 0 Å². The summed E-state index contributed by atoms with van der Waals surface area (Å²) in [6.45, 7) is 0.903. The molecule has 2 aliphatic rings. The average Bonchev–Trinajstić information content (AvgIpc) is 3.14. The van der Waals surface area contributed by atoms with Gasteiger partial charge in [-0.15, -0.1) is 0 Å². The first kappa shape index (κ1) is 12.1. The van der Waals surface area contributed by atoms with Gasteiger partial charge in [-0.2, -0.15) is 0 Å². The predicted octanol–water partition coefficient (Wildman–Crippen LogP) is 2.60. The molecule has 0 aromatic heterocycles. The molecule has 2 aromatic rings. The topological polar surface area (TPSA) is 56.8 Å². The number of anilines is 1. The van der Waals surface area contributed by atoms with Crippen LogP contribution in [-0.4, -0.2) is 19.3 Å². The highest BCUT2D eigenvalue weighted by Crippen LogP contribution is 2.34. The second kappa shape index (κ2) is 4.70. The molecule has 4 rings (SSSR count). The molecule has 5 nitrogen and oxygen atoms in total. The minimum absolute atomic E-state index is 0.149. The van der Waals surface area contributed by atoms with Gasteiger partial charge < -0.3 is 19.5 Å². The lowest BCUT2D eigenvalue weighted by atomic mass is 10.1. The molecular weight excluding hydrogens is 270 g/mol. The third-order valence-corrected chi connectivity index (χ3v) is 3.58. The van der Waals surface area contributed by atoms with E-state index in [1.54, 1.807) is 24.3 Å². The number of ether oxygens (including phenoxy) is 3. The molecule has 0 saturated heterocycles. The Labute approximate surface area is 121 Å². The Balaban J connectivity index is 1.55. The molecule has 2 aliphatic heterocycles. The molecule has 0 bridgehead atoms. The fraction of sp³-hybridized carbons (Fsp3) is 0.188. The summed E-state index contributed by atoms with van der Waals surface area (Å²) in [5.41, 5.74) is 2.38. The number of amides is 1. The summed E-state index contributed by atoms with van der Waals surface area (Å²) in [4.78, 5) is 12.3. The number of fused-ring (bicyclic) bond motifs is 2. The number of nitrogens with one attached hydrogen (secondary N) is 1. The van der Waals surface area contributed by atoms with E-state index in [4.69, 9.17) is 14.2 Å². The first-order chi connectivity index (χ1) is 10.3. The van der Waals surface area contributed by atoms with Gasteiger partial charge >= 0.3 is 0 Å². The average molecular weight is 283 g/mol. The first-order valence-electron chi connectivity index (χ1n) is 6.76. The molecule has 1 amide bonds. The van der Waals surface area contributed by atoms with Crippen LogP contribution in [0.3, 0.4) is 0 Å². The van der Waals surface area contributed by atoms with Crippen LogP contribution in [-0.2, 0) is 6.42 Å². The molecule has 21 heavy (non-hydrogen) atoms. The maximum absolute atomic E-state index is 12.3. The van der Waals surface area contributed by atoms with Crippen LogP contribution >= 0.6 is 0 Å². The third-order valence-electron chi connectivity index (χ3n) is 3.58. The SMILES string of the molecule is O=C(Nc1ccc2c(c1)OCO2)c1ccc2c(c1)CCO2. The van der Waals surface area contributed by atoms with Crippen LogP contribution in [0.5, 0.6) is 17.2 Å². The van der Waals surface area contributed by atoms with Crippen molar-refractivity contribution >= 4 is 11.6 Å². The first-order valence-corrected chi connectivity index (χ1v) is 6.76. The Morgan fingerprint density at radius 1 is 0.952 bits per heavy atom. The second-order valence-corrected chi connectivity index (χ2v) is 4.94. The summed E-state index contributed by atoms with van der Waals surface area (Å²) in [6, 6.07) is 10.8. The van der Waals surface area contributed by atoms with E-state index in [0.717, 1.165) is 17.7 Å². The van der Waals surface area contributed by atoms with Crippen molar-refractivity contribution in [3.63, 3.8) is 0 Å². The summed E-state index contributed by atoms with van der Waals surface area (Å²) in [5.74, 6) is 2.07. The fourth-order valence-corrected chi connectivity index (χ4v) is 2.51. The van der Waals surface area contributed by atoms with Crippen LogP contribution in [0.4, 0.5) is 5.69 Å². The second-order valence-electron chi connectivity index (χ2n) is 4.94. The van der Waals surface area contributed by atoms with E-state index in [1.165, 1.54) is 0 Å². The highest BCUT2D eigenvalue weighted by atomic mass is 16.7. The van der Waals surface area contributed by atoms with E-state index in [1.807, 2.05) is 12.1 Å². The molecular formula is C16H13NO4. The van der Waals surface area contributed by atoms with Gasteiger partial charge in [0.1, 0.15) is 5.75 Å². The monoisotopic (exact) mass is 283 g/mol. The lowest BCUT2D eigenvalue weighted by Gasteiger charge is -2.07. The summed E-state index contributed by atoms with van der Waals surface area (Å²) >= 11 is 0. The Morgan fingerprint density at radius 3 is 2.76 bits per heavy atom. The summed E-state index contributed by atoms with van der Waals surface area (Å²) < 4.78 is 16.0. The minimum atomic E-state index is -0.149. The zero-order chi connectivity index (χ0) is 14.2. The zero-order valence-electron chi connectivity index (χ0n) is 11.2. The Morgan fingerprint density at radius 2 is 1.81 bits per heavy atom. The number of carbonyl (C=O) groups is 1. The van der Waals surface area contributed by atoms with Crippen LogP contribution in [0.15, 0.2) is 36.4 Å². The van der Waals surface area contributed by atoms with Gasteiger partial charge in [0.15, 0.2) is 11.5 Å². The van der Waals surface area contributed by atoms with Gasteiger partial charge in [0, 0.05) is 23.7 Å². The summed E-state index contributed by atoms with van der Waals surface area (Å²) in [5, 5.41) is 2.86. The maximum atomic E-state index is 12.3. The van der Waals surface area contributed by atoms with Gasteiger partial charge in [-0.1, -0.05) is 0 Å². The molecule has 2 heterocycles. The highest BCUT2D eigenvalue weighted by Gasteiger charge is 2.17. The Kier molecular flexibility index (Phi) is 2.70.